The normalized spacial score (nSPS) is 12.1. The molecular weight excluding hydrogens is 224 g/mol. The molecule has 0 saturated heterocycles. The Morgan fingerprint density at radius 1 is 1.65 bits per heavy atom. The Bertz CT molecular complexity index is 395. The second kappa shape index (κ2) is 6.05. The van der Waals surface area contributed by atoms with Crippen molar-refractivity contribution in [2.75, 3.05) is 18.9 Å². The van der Waals surface area contributed by atoms with Crippen molar-refractivity contribution in [3.05, 3.63) is 17.8 Å². The maximum Gasteiger partial charge on any atom is 0.338 e. The van der Waals surface area contributed by atoms with E-state index in [1.807, 2.05) is 13.8 Å². The lowest BCUT2D eigenvalue weighted by atomic mass is 10.2. The molecule has 0 aromatic carbocycles. The summed E-state index contributed by atoms with van der Waals surface area (Å²) in [5, 5.41) is 8.88. The van der Waals surface area contributed by atoms with Crippen LogP contribution in [0.3, 0.4) is 0 Å². The maximum absolute atomic E-state index is 10.8. The molecule has 0 spiro atoms. The van der Waals surface area contributed by atoms with E-state index in [1.54, 1.807) is 0 Å². The molecule has 1 unspecified atom stereocenters. The summed E-state index contributed by atoms with van der Waals surface area (Å²) in [5.74, 6) is -0.879. The smallest absolute Gasteiger partial charge is 0.338 e. The van der Waals surface area contributed by atoms with Gasteiger partial charge in [0.2, 0.25) is 5.88 Å². The van der Waals surface area contributed by atoms with Gasteiger partial charge in [-0.05, 0) is 13.8 Å². The number of aromatic nitrogens is 1. The summed E-state index contributed by atoms with van der Waals surface area (Å²) in [4.78, 5) is 14.7. The highest BCUT2D eigenvalue weighted by atomic mass is 16.5. The van der Waals surface area contributed by atoms with E-state index in [2.05, 4.69) is 4.98 Å². The number of carboxylic acid groups (broad SMARTS) is 1. The van der Waals surface area contributed by atoms with Gasteiger partial charge in [0.25, 0.3) is 0 Å². The molecule has 0 radical (unpaired) electrons. The first-order chi connectivity index (χ1) is 8.04. The highest BCUT2D eigenvalue weighted by Crippen LogP contribution is 2.17. The molecule has 0 amide bonds. The summed E-state index contributed by atoms with van der Waals surface area (Å²) in [6.07, 6.45) is 1.07. The number of nitrogens with zero attached hydrogens (tertiary/aromatic N) is 1. The molecule has 1 atom stereocenters. The summed E-state index contributed by atoms with van der Waals surface area (Å²) in [5.41, 5.74) is 5.58. The first kappa shape index (κ1) is 13.2. The summed E-state index contributed by atoms with van der Waals surface area (Å²) < 4.78 is 10.6. The van der Waals surface area contributed by atoms with Crippen LogP contribution in [0.1, 0.15) is 24.2 Å². The van der Waals surface area contributed by atoms with Crippen molar-refractivity contribution in [1.29, 1.82) is 0 Å². The zero-order chi connectivity index (χ0) is 12.8. The van der Waals surface area contributed by atoms with Crippen LogP contribution in [0.5, 0.6) is 5.88 Å². The molecule has 0 saturated carbocycles. The Balaban J connectivity index is 2.72. The fourth-order valence-electron chi connectivity index (χ4n) is 1.22. The molecule has 6 nitrogen and oxygen atoms in total. The molecule has 1 aromatic heterocycles. The molecule has 94 valence electrons. The third kappa shape index (κ3) is 3.92. The fourth-order valence-corrected chi connectivity index (χ4v) is 1.22. The molecule has 6 heteroatoms. The summed E-state index contributed by atoms with van der Waals surface area (Å²) in [6.45, 7) is 4.72. The van der Waals surface area contributed by atoms with Crippen molar-refractivity contribution < 1.29 is 19.4 Å². The number of hydrogen-bond acceptors (Lipinski definition) is 5. The van der Waals surface area contributed by atoms with Crippen LogP contribution in [0, 0.1) is 0 Å². The van der Waals surface area contributed by atoms with E-state index in [0.717, 1.165) is 0 Å². The second-order valence-corrected chi connectivity index (χ2v) is 3.50. The van der Waals surface area contributed by atoms with Gasteiger partial charge in [-0.15, -0.1) is 0 Å². The number of ether oxygens (including phenoxy) is 2. The van der Waals surface area contributed by atoms with Gasteiger partial charge < -0.3 is 20.3 Å². The Hall–Kier alpha value is -1.82. The second-order valence-electron chi connectivity index (χ2n) is 3.50. The van der Waals surface area contributed by atoms with Crippen molar-refractivity contribution in [3.63, 3.8) is 0 Å². The van der Waals surface area contributed by atoms with Crippen molar-refractivity contribution in [2.45, 2.75) is 20.0 Å². The molecule has 0 fully saturated rings. The monoisotopic (exact) mass is 240 g/mol. The van der Waals surface area contributed by atoms with Crippen LogP contribution >= 0.6 is 0 Å². The number of pyridine rings is 1. The van der Waals surface area contributed by atoms with Crippen molar-refractivity contribution in [2.24, 2.45) is 0 Å². The van der Waals surface area contributed by atoms with Gasteiger partial charge in [-0.3, -0.25) is 0 Å². The van der Waals surface area contributed by atoms with Crippen LogP contribution in [0.4, 0.5) is 5.69 Å². The Morgan fingerprint density at radius 2 is 2.35 bits per heavy atom. The zero-order valence-electron chi connectivity index (χ0n) is 9.84. The SMILES string of the molecule is CCOCC(C)Oc1cc(C(=O)O)c(N)cn1. The molecule has 1 aromatic rings. The molecule has 3 N–H and O–H groups in total. The number of carbonyl (C=O) groups is 1. The average Bonchev–Trinajstić information content (AvgIpc) is 2.28. The highest BCUT2D eigenvalue weighted by molar-refractivity contribution is 5.93. The minimum Gasteiger partial charge on any atom is -0.478 e. The lowest BCUT2D eigenvalue weighted by molar-refractivity contribution is 0.0627. The van der Waals surface area contributed by atoms with E-state index in [1.165, 1.54) is 12.3 Å². The standard InChI is InChI=1S/C11H16N2O4/c1-3-16-6-7(2)17-10-4-8(11(14)15)9(12)5-13-10/h4-5,7H,3,6,12H2,1-2H3,(H,14,15). The van der Waals surface area contributed by atoms with Crippen molar-refractivity contribution in [3.8, 4) is 5.88 Å². The van der Waals surface area contributed by atoms with Gasteiger partial charge in [0.15, 0.2) is 0 Å². The molecule has 0 aliphatic carbocycles. The van der Waals surface area contributed by atoms with E-state index in [4.69, 9.17) is 20.3 Å². The Labute approximate surface area is 99.4 Å². The van der Waals surface area contributed by atoms with Crippen LogP contribution in [0.25, 0.3) is 0 Å². The molecule has 1 rings (SSSR count). The molecule has 17 heavy (non-hydrogen) atoms. The predicted octanol–water partition coefficient (Wildman–Crippen LogP) is 1.17. The topological polar surface area (TPSA) is 94.7 Å². The van der Waals surface area contributed by atoms with Gasteiger partial charge in [0.05, 0.1) is 24.1 Å². The minimum absolute atomic E-state index is 0.0152. The first-order valence-electron chi connectivity index (χ1n) is 5.27. The van der Waals surface area contributed by atoms with Gasteiger partial charge in [-0.25, -0.2) is 9.78 Å². The van der Waals surface area contributed by atoms with E-state index >= 15 is 0 Å². The number of aromatic carboxylic acids is 1. The van der Waals surface area contributed by atoms with E-state index < -0.39 is 5.97 Å². The third-order valence-corrected chi connectivity index (χ3v) is 2.02. The molecule has 0 aliphatic rings. The van der Waals surface area contributed by atoms with Gasteiger partial charge >= 0.3 is 5.97 Å². The average molecular weight is 240 g/mol. The highest BCUT2D eigenvalue weighted by Gasteiger charge is 2.12. The molecule has 0 aliphatic heterocycles. The number of anilines is 1. The van der Waals surface area contributed by atoms with E-state index in [9.17, 15) is 4.79 Å². The number of nitrogens with two attached hydrogens (primary N) is 1. The molecule has 0 bridgehead atoms. The van der Waals surface area contributed by atoms with Gasteiger partial charge in [0, 0.05) is 12.7 Å². The zero-order valence-corrected chi connectivity index (χ0v) is 9.84. The van der Waals surface area contributed by atoms with Crippen LogP contribution < -0.4 is 10.5 Å². The third-order valence-electron chi connectivity index (χ3n) is 2.02. The molecular formula is C11H16N2O4. The van der Waals surface area contributed by atoms with Crippen LogP contribution in [-0.4, -0.2) is 35.4 Å². The summed E-state index contributed by atoms with van der Waals surface area (Å²) in [6, 6.07) is 1.31. The number of rotatable bonds is 6. The lowest BCUT2D eigenvalue weighted by Crippen LogP contribution is -2.20. The van der Waals surface area contributed by atoms with Gasteiger partial charge in [-0.2, -0.15) is 0 Å². The lowest BCUT2D eigenvalue weighted by Gasteiger charge is -2.14. The quantitative estimate of drug-likeness (QED) is 0.775. The van der Waals surface area contributed by atoms with Crippen LogP contribution in [0.2, 0.25) is 0 Å². The van der Waals surface area contributed by atoms with E-state index in [-0.39, 0.29) is 23.2 Å². The van der Waals surface area contributed by atoms with Crippen LogP contribution in [-0.2, 0) is 4.74 Å². The first-order valence-corrected chi connectivity index (χ1v) is 5.27. The number of nitrogen functional groups attached to an aromatic ring is 1. The van der Waals surface area contributed by atoms with Crippen molar-refractivity contribution in [1.82, 2.24) is 4.98 Å². The minimum atomic E-state index is -1.10. The number of carboxylic acids is 1. The Kier molecular flexibility index (Phi) is 4.71. The van der Waals surface area contributed by atoms with Crippen molar-refractivity contribution >= 4 is 11.7 Å². The Morgan fingerprint density at radius 3 is 2.94 bits per heavy atom. The summed E-state index contributed by atoms with van der Waals surface area (Å²) in [7, 11) is 0. The fraction of sp³-hybridized carbons (Fsp3) is 0.455. The maximum atomic E-state index is 10.8. The van der Waals surface area contributed by atoms with Crippen LogP contribution in [0.15, 0.2) is 12.3 Å². The largest absolute Gasteiger partial charge is 0.478 e. The summed E-state index contributed by atoms with van der Waals surface area (Å²) >= 11 is 0. The number of hydrogen-bond donors (Lipinski definition) is 2. The van der Waals surface area contributed by atoms with E-state index in [0.29, 0.717) is 13.2 Å². The molecule has 1 heterocycles. The van der Waals surface area contributed by atoms with Gasteiger partial charge in [0.1, 0.15) is 6.10 Å². The van der Waals surface area contributed by atoms with Gasteiger partial charge in [-0.1, -0.05) is 0 Å². The predicted molar refractivity (Wildman–Crippen MR) is 62.2 cm³/mol.